The SMILES string of the molecule is O=C(c1csc(-c2cnccn2)n1)N1CCC(c2nc(-c3ccc4c(c3)OCCO4)cs2)CC1. The summed E-state index contributed by atoms with van der Waals surface area (Å²) in [6.07, 6.45) is 6.68. The molecule has 0 radical (unpaired) electrons. The number of carbonyl (C=O) groups excluding carboxylic acids is 1. The number of aromatic nitrogens is 4. The number of nitrogens with zero attached hydrogens (tertiary/aromatic N) is 5. The van der Waals surface area contributed by atoms with Gasteiger partial charge in [-0.15, -0.1) is 22.7 Å². The first-order valence-electron chi connectivity index (χ1n) is 11.1. The second-order valence-electron chi connectivity index (χ2n) is 8.12. The van der Waals surface area contributed by atoms with Gasteiger partial charge in [0.2, 0.25) is 0 Å². The second kappa shape index (κ2) is 9.11. The van der Waals surface area contributed by atoms with E-state index >= 15 is 0 Å². The molecule has 10 heteroatoms. The van der Waals surface area contributed by atoms with E-state index in [1.165, 1.54) is 11.3 Å². The van der Waals surface area contributed by atoms with E-state index < -0.39 is 0 Å². The average Bonchev–Trinajstić information content (AvgIpc) is 3.59. The Morgan fingerprint density at radius 1 is 0.971 bits per heavy atom. The molecule has 5 heterocycles. The lowest BCUT2D eigenvalue weighted by atomic mass is 9.97. The number of likely N-dealkylation sites (tertiary alicyclic amines) is 1. The maximum atomic E-state index is 13.0. The van der Waals surface area contributed by atoms with Gasteiger partial charge in [0, 0.05) is 47.7 Å². The number of fused-ring (bicyclic) bond motifs is 1. The van der Waals surface area contributed by atoms with Crippen LogP contribution in [0.3, 0.4) is 0 Å². The molecule has 8 nitrogen and oxygen atoms in total. The lowest BCUT2D eigenvalue weighted by Crippen LogP contribution is -2.38. The summed E-state index contributed by atoms with van der Waals surface area (Å²) in [4.78, 5) is 32.6. The van der Waals surface area contributed by atoms with Crippen LogP contribution in [0.1, 0.15) is 34.3 Å². The predicted molar refractivity (Wildman–Crippen MR) is 130 cm³/mol. The molecule has 1 aromatic carbocycles. The normalized spacial score (nSPS) is 15.9. The van der Waals surface area contributed by atoms with Crippen LogP contribution >= 0.6 is 22.7 Å². The van der Waals surface area contributed by atoms with Gasteiger partial charge in [-0.05, 0) is 31.0 Å². The highest BCUT2D eigenvalue weighted by molar-refractivity contribution is 7.13. The van der Waals surface area contributed by atoms with Crippen LogP contribution in [0.2, 0.25) is 0 Å². The first kappa shape index (κ1) is 21.2. The molecule has 1 amide bonds. The Balaban J connectivity index is 1.10. The Kier molecular flexibility index (Phi) is 5.68. The molecule has 172 valence electrons. The Bertz CT molecular complexity index is 1320. The number of hydrogen-bond acceptors (Lipinski definition) is 9. The number of amides is 1. The number of benzene rings is 1. The highest BCUT2D eigenvalue weighted by Gasteiger charge is 2.28. The fourth-order valence-electron chi connectivity index (χ4n) is 4.20. The smallest absolute Gasteiger partial charge is 0.273 e. The largest absolute Gasteiger partial charge is 0.486 e. The molecule has 2 aliphatic rings. The van der Waals surface area contributed by atoms with Gasteiger partial charge in [0.25, 0.3) is 5.91 Å². The minimum atomic E-state index is -0.0269. The number of carbonyl (C=O) groups is 1. The third-order valence-electron chi connectivity index (χ3n) is 6.00. The zero-order valence-corrected chi connectivity index (χ0v) is 19.8. The predicted octanol–water partition coefficient (Wildman–Crippen LogP) is 4.51. The van der Waals surface area contributed by atoms with Crippen LogP contribution in [0, 0.1) is 0 Å². The molecule has 6 rings (SSSR count). The quantitative estimate of drug-likeness (QED) is 0.415. The van der Waals surface area contributed by atoms with Crippen LogP contribution < -0.4 is 9.47 Å². The van der Waals surface area contributed by atoms with Crippen LogP contribution in [0.5, 0.6) is 11.5 Å². The van der Waals surface area contributed by atoms with Gasteiger partial charge < -0.3 is 14.4 Å². The summed E-state index contributed by atoms with van der Waals surface area (Å²) in [7, 11) is 0. The monoisotopic (exact) mass is 491 g/mol. The van der Waals surface area contributed by atoms with Crippen LogP contribution in [-0.4, -0.2) is 57.0 Å². The lowest BCUT2D eigenvalue weighted by molar-refractivity contribution is 0.0708. The molecule has 34 heavy (non-hydrogen) atoms. The molecule has 0 atom stereocenters. The zero-order valence-electron chi connectivity index (χ0n) is 18.2. The summed E-state index contributed by atoms with van der Waals surface area (Å²) in [6.45, 7) is 2.54. The summed E-state index contributed by atoms with van der Waals surface area (Å²) in [6, 6.07) is 5.97. The fourth-order valence-corrected chi connectivity index (χ4v) is 5.96. The third kappa shape index (κ3) is 4.14. The minimum absolute atomic E-state index is 0.0269. The van der Waals surface area contributed by atoms with Crippen LogP contribution in [0.4, 0.5) is 0 Å². The second-order valence-corrected chi connectivity index (χ2v) is 9.87. The summed E-state index contributed by atoms with van der Waals surface area (Å²) >= 11 is 3.10. The maximum Gasteiger partial charge on any atom is 0.273 e. The van der Waals surface area contributed by atoms with Crippen molar-refractivity contribution in [2.24, 2.45) is 0 Å². The van der Waals surface area contributed by atoms with Crippen molar-refractivity contribution in [1.82, 2.24) is 24.8 Å². The molecule has 1 saturated heterocycles. The molecule has 2 aliphatic heterocycles. The van der Waals surface area contributed by atoms with Gasteiger partial charge in [0.1, 0.15) is 29.6 Å². The molecule has 0 unspecified atom stereocenters. The van der Waals surface area contributed by atoms with E-state index in [4.69, 9.17) is 14.5 Å². The minimum Gasteiger partial charge on any atom is -0.486 e. The molecule has 0 bridgehead atoms. The zero-order chi connectivity index (χ0) is 22.9. The number of rotatable bonds is 4. The highest BCUT2D eigenvalue weighted by atomic mass is 32.1. The fraction of sp³-hybridized carbons (Fsp3) is 0.292. The van der Waals surface area contributed by atoms with Crippen molar-refractivity contribution in [3.63, 3.8) is 0 Å². The van der Waals surface area contributed by atoms with Crippen molar-refractivity contribution in [1.29, 1.82) is 0 Å². The third-order valence-corrected chi connectivity index (χ3v) is 7.87. The van der Waals surface area contributed by atoms with Gasteiger partial charge in [0.05, 0.1) is 16.9 Å². The molecule has 0 N–H and O–H groups in total. The summed E-state index contributed by atoms with van der Waals surface area (Å²) < 4.78 is 11.3. The first-order valence-corrected chi connectivity index (χ1v) is 12.9. The number of piperidine rings is 1. The van der Waals surface area contributed by atoms with E-state index in [2.05, 4.69) is 20.3 Å². The maximum absolute atomic E-state index is 13.0. The summed E-state index contributed by atoms with van der Waals surface area (Å²) in [5.41, 5.74) is 3.14. The Hall–Kier alpha value is -3.37. The highest BCUT2D eigenvalue weighted by Crippen LogP contribution is 2.37. The van der Waals surface area contributed by atoms with Crippen molar-refractivity contribution < 1.29 is 14.3 Å². The lowest BCUT2D eigenvalue weighted by Gasteiger charge is -2.30. The Labute approximate surface area is 204 Å². The van der Waals surface area contributed by atoms with Crippen LogP contribution in [-0.2, 0) is 0 Å². The molecular formula is C24H21N5O3S2. The number of ether oxygens (including phenoxy) is 2. The van der Waals surface area contributed by atoms with Gasteiger partial charge in [-0.3, -0.25) is 14.8 Å². The van der Waals surface area contributed by atoms with Crippen molar-refractivity contribution >= 4 is 28.6 Å². The summed E-state index contributed by atoms with van der Waals surface area (Å²) in [5.74, 6) is 1.88. The molecule has 1 fully saturated rings. The molecule has 0 saturated carbocycles. The van der Waals surface area contributed by atoms with Gasteiger partial charge in [-0.2, -0.15) is 0 Å². The van der Waals surface area contributed by atoms with Gasteiger partial charge in [-0.1, -0.05) is 0 Å². The van der Waals surface area contributed by atoms with Crippen LogP contribution in [0.15, 0.2) is 47.5 Å². The van der Waals surface area contributed by atoms with E-state index in [9.17, 15) is 4.79 Å². The first-order chi connectivity index (χ1) is 16.7. The van der Waals surface area contributed by atoms with Gasteiger partial charge >= 0.3 is 0 Å². The number of thiazole rings is 2. The van der Waals surface area contributed by atoms with Crippen molar-refractivity contribution in [2.45, 2.75) is 18.8 Å². The molecule has 0 spiro atoms. The average molecular weight is 492 g/mol. The Morgan fingerprint density at radius 3 is 2.65 bits per heavy atom. The molecule has 3 aromatic heterocycles. The molecule has 4 aromatic rings. The van der Waals surface area contributed by atoms with E-state index in [1.54, 1.807) is 35.3 Å². The van der Waals surface area contributed by atoms with E-state index in [1.807, 2.05) is 23.1 Å². The topological polar surface area (TPSA) is 90.3 Å². The molecule has 0 aliphatic carbocycles. The van der Waals surface area contributed by atoms with E-state index in [0.717, 1.165) is 40.6 Å². The summed E-state index contributed by atoms with van der Waals surface area (Å²) in [5, 5.41) is 5.73. The van der Waals surface area contributed by atoms with Crippen LogP contribution in [0.25, 0.3) is 22.0 Å². The number of hydrogen-bond donors (Lipinski definition) is 0. The van der Waals surface area contributed by atoms with Crippen molar-refractivity contribution in [3.8, 4) is 33.5 Å². The molecular weight excluding hydrogens is 470 g/mol. The van der Waals surface area contributed by atoms with Gasteiger partial charge in [-0.25, -0.2) is 9.97 Å². The van der Waals surface area contributed by atoms with E-state index in [-0.39, 0.29) is 5.91 Å². The van der Waals surface area contributed by atoms with Crippen molar-refractivity contribution in [3.05, 3.63) is 58.3 Å². The standard InChI is InChI=1S/C24H21N5O3S2/c30-24(19-14-34-23(28-19)17-12-25-5-6-26-17)29-7-3-15(4-8-29)22-27-18(13-33-22)16-1-2-20-21(11-16)32-10-9-31-20/h1-2,5-6,11-15H,3-4,7-10H2. The van der Waals surface area contributed by atoms with Crippen molar-refractivity contribution in [2.75, 3.05) is 26.3 Å². The van der Waals surface area contributed by atoms with E-state index in [0.29, 0.717) is 48.6 Å². The Morgan fingerprint density at radius 2 is 1.82 bits per heavy atom. The van der Waals surface area contributed by atoms with Gasteiger partial charge in [0.15, 0.2) is 11.5 Å².